The zero-order chi connectivity index (χ0) is 17.1. The average molecular weight is 326 g/mol. The Labute approximate surface area is 142 Å². The van der Waals surface area contributed by atoms with Crippen molar-refractivity contribution in [2.24, 2.45) is 0 Å². The lowest BCUT2D eigenvalue weighted by Crippen LogP contribution is -2.02. The summed E-state index contributed by atoms with van der Waals surface area (Å²) >= 11 is 0. The number of hydrogen-bond acceptors (Lipinski definition) is 4. The zero-order valence-electron chi connectivity index (χ0n) is 14.0. The summed E-state index contributed by atoms with van der Waals surface area (Å²) in [6, 6.07) is 9.84. The van der Waals surface area contributed by atoms with E-state index < -0.39 is 0 Å². The minimum absolute atomic E-state index is 0.129. The van der Waals surface area contributed by atoms with E-state index in [2.05, 4.69) is 13.5 Å². The second kappa shape index (κ2) is 6.87. The quantitative estimate of drug-likeness (QED) is 0.808. The Morgan fingerprint density at radius 1 is 1.21 bits per heavy atom. The van der Waals surface area contributed by atoms with E-state index in [4.69, 9.17) is 14.2 Å². The molecule has 0 amide bonds. The van der Waals surface area contributed by atoms with E-state index in [0.29, 0.717) is 5.75 Å². The molecule has 2 aromatic rings. The Morgan fingerprint density at radius 3 is 2.75 bits per heavy atom. The van der Waals surface area contributed by atoms with Crippen molar-refractivity contribution >= 4 is 0 Å². The Hall–Kier alpha value is -2.62. The number of aromatic hydroxyl groups is 1. The molecule has 0 aromatic heterocycles. The summed E-state index contributed by atoms with van der Waals surface area (Å²) in [5.41, 5.74) is 3.09. The lowest BCUT2D eigenvalue weighted by molar-refractivity contribution is 0.174. The number of rotatable bonds is 6. The first-order valence-corrected chi connectivity index (χ1v) is 8.01. The van der Waals surface area contributed by atoms with Gasteiger partial charge in [-0.1, -0.05) is 25.1 Å². The van der Waals surface area contributed by atoms with Gasteiger partial charge in [-0.2, -0.15) is 0 Å². The standard InChI is InChI=1S/C20H22O4/c1-4-5-14-9-16(20(21)19(11-14)22-3)13(2)8-15-6-7-17-18(10-15)24-12-23-17/h4,6-7,9-11,13,21H,1,5,8,12H2,2-3H3/t13-/m0/s1. The molecular weight excluding hydrogens is 304 g/mol. The number of fused-ring (bicyclic) bond motifs is 1. The summed E-state index contributed by atoms with van der Waals surface area (Å²) in [7, 11) is 1.57. The monoisotopic (exact) mass is 326 g/mol. The van der Waals surface area contributed by atoms with E-state index in [0.717, 1.165) is 41.0 Å². The van der Waals surface area contributed by atoms with Crippen LogP contribution in [0.3, 0.4) is 0 Å². The van der Waals surface area contributed by atoms with E-state index in [9.17, 15) is 5.11 Å². The third-order valence-electron chi connectivity index (χ3n) is 4.27. The van der Waals surface area contributed by atoms with Gasteiger partial charge in [-0.3, -0.25) is 0 Å². The number of phenols is 1. The SMILES string of the molecule is C=CCc1cc(OC)c(O)c([C@@H](C)Cc2ccc3c(c2)OCO3)c1. The number of ether oxygens (including phenoxy) is 3. The smallest absolute Gasteiger partial charge is 0.231 e. The molecule has 4 nitrogen and oxygen atoms in total. The minimum Gasteiger partial charge on any atom is -0.504 e. The highest BCUT2D eigenvalue weighted by molar-refractivity contribution is 5.51. The zero-order valence-corrected chi connectivity index (χ0v) is 14.0. The van der Waals surface area contributed by atoms with Crippen molar-refractivity contribution in [3.8, 4) is 23.0 Å². The van der Waals surface area contributed by atoms with Crippen LogP contribution in [-0.2, 0) is 12.8 Å². The van der Waals surface area contributed by atoms with Crippen molar-refractivity contribution in [1.29, 1.82) is 0 Å². The van der Waals surface area contributed by atoms with Gasteiger partial charge in [-0.05, 0) is 48.1 Å². The summed E-state index contributed by atoms with van der Waals surface area (Å²) in [6.07, 6.45) is 3.36. The Bertz CT molecular complexity index is 752. The third-order valence-corrected chi connectivity index (χ3v) is 4.27. The number of hydrogen-bond donors (Lipinski definition) is 1. The number of phenolic OH excluding ortho intramolecular Hbond substituents is 1. The Kier molecular flexibility index (Phi) is 4.65. The van der Waals surface area contributed by atoms with Gasteiger partial charge in [0, 0.05) is 5.56 Å². The van der Waals surface area contributed by atoms with Gasteiger partial charge < -0.3 is 19.3 Å². The van der Waals surface area contributed by atoms with Crippen LogP contribution in [0.2, 0.25) is 0 Å². The predicted octanol–water partition coefficient (Wildman–Crippen LogP) is 4.20. The van der Waals surface area contributed by atoms with Crippen LogP contribution in [0.25, 0.3) is 0 Å². The Morgan fingerprint density at radius 2 is 2.00 bits per heavy atom. The molecule has 2 aromatic carbocycles. The molecule has 1 aliphatic rings. The van der Waals surface area contributed by atoms with Crippen LogP contribution in [0.1, 0.15) is 29.5 Å². The summed E-state index contributed by atoms with van der Waals surface area (Å²) in [5.74, 6) is 2.40. The summed E-state index contributed by atoms with van der Waals surface area (Å²) < 4.78 is 16.1. The van der Waals surface area contributed by atoms with Gasteiger partial charge in [0.25, 0.3) is 0 Å². The normalized spacial score (nSPS) is 13.6. The maximum absolute atomic E-state index is 10.5. The van der Waals surface area contributed by atoms with Gasteiger partial charge in [-0.15, -0.1) is 6.58 Å². The summed E-state index contributed by atoms with van der Waals surface area (Å²) in [6.45, 7) is 6.15. The third kappa shape index (κ3) is 3.18. The fraction of sp³-hybridized carbons (Fsp3) is 0.300. The molecule has 0 saturated carbocycles. The van der Waals surface area contributed by atoms with E-state index in [-0.39, 0.29) is 18.5 Å². The molecule has 126 valence electrons. The maximum atomic E-state index is 10.5. The molecule has 0 spiro atoms. The number of benzene rings is 2. The van der Waals surface area contributed by atoms with Gasteiger partial charge in [0.2, 0.25) is 6.79 Å². The highest BCUT2D eigenvalue weighted by Crippen LogP contribution is 2.39. The van der Waals surface area contributed by atoms with Crippen molar-refractivity contribution in [2.45, 2.75) is 25.7 Å². The highest BCUT2D eigenvalue weighted by Gasteiger charge is 2.18. The maximum Gasteiger partial charge on any atom is 0.231 e. The van der Waals surface area contributed by atoms with Gasteiger partial charge in [0.05, 0.1) is 7.11 Å². The van der Waals surface area contributed by atoms with Crippen LogP contribution in [-0.4, -0.2) is 19.0 Å². The van der Waals surface area contributed by atoms with E-state index in [1.165, 1.54) is 0 Å². The molecule has 0 radical (unpaired) electrons. The van der Waals surface area contributed by atoms with Crippen LogP contribution in [0.15, 0.2) is 43.0 Å². The predicted molar refractivity (Wildman–Crippen MR) is 93.2 cm³/mol. The lowest BCUT2D eigenvalue weighted by atomic mass is 9.91. The average Bonchev–Trinajstić information content (AvgIpc) is 3.04. The van der Waals surface area contributed by atoms with E-state index in [1.54, 1.807) is 7.11 Å². The molecular formula is C20H22O4. The van der Waals surface area contributed by atoms with E-state index >= 15 is 0 Å². The highest BCUT2D eigenvalue weighted by atomic mass is 16.7. The lowest BCUT2D eigenvalue weighted by Gasteiger charge is -2.17. The van der Waals surface area contributed by atoms with Crippen molar-refractivity contribution in [3.63, 3.8) is 0 Å². The van der Waals surface area contributed by atoms with Crippen molar-refractivity contribution in [1.82, 2.24) is 0 Å². The molecule has 0 saturated heterocycles. The van der Waals surface area contributed by atoms with Gasteiger partial charge in [0.15, 0.2) is 23.0 Å². The molecule has 0 aliphatic carbocycles. The summed E-state index contributed by atoms with van der Waals surface area (Å²) in [4.78, 5) is 0. The van der Waals surface area contributed by atoms with Crippen LogP contribution in [0, 0.1) is 0 Å². The largest absolute Gasteiger partial charge is 0.504 e. The van der Waals surface area contributed by atoms with Crippen molar-refractivity contribution in [3.05, 3.63) is 59.7 Å². The molecule has 1 heterocycles. The second-order valence-electron chi connectivity index (χ2n) is 6.02. The van der Waals surface area contributed by atoms with Crippen LogP contribution in [0.5, 0.6) is 23.0 Å². The first-order valence-electron chi connectivity index (χ1n) is 8.01. The first-order chi connectivity index (χ1) is 11.6. The Balaban J connectivity index is 1.87. The number of methoxy groups -OCH3 is 1. The molecule has 24 heavy (non-hydrogen) atoms. The van der Waals surface area contributed by atoms with E-state index in [1.807, 2.05) is 36.4 Å². The molecule has 0 fully saturated rings. The number of allylic oxidation sites excluding steroid dienone is 1. The fourth-order valence-electron chi connectivity index (χ4n) is 3.04. The second-order valence-corrected chi connectivity index (χ2v) is 6.02. The minimum atomic E-state index is 0.129. The fourth-order valence-corrected chi connectivity index (χ4v) is 3.04. The van der Waals surface area contributed by atoms with Crippen LogP contribution in [0.4, 0.5) is 0 Å². The molecule has 0 unspecified atom stereocenters. The van der Waals surface area contributed by atoms with Gasteiger partial charge >= 0.3 is 0 Å². The van der Waals surface area contributed by atoms with Gasteiger partial charge in [-0.25, -0.2) is 0 Å². The first kappa shape index (κ1) is 16.2. The molecule has 0 bridgehead atoms. The summed E-state index contributed by atoms with van der Waals surface area (Å²) in [5, 5.41) is 10.5. The molecule has 4 heteroatoms. The van der Waals surface area contributed by atoms with Gasteiger partial charge in [0.1, 0.15) is 0 Å². The van der Waals surface area contributed by atoms with Crippen molar-refractivity contribution < 1.29 is 19.3 Å². The van der Waals surface area contributed by atoms with Crippen LogP contribution < -0.4 is 14.2 Å². The molecule has 1 aliphatic heterocycles. The molecule has 1 N–H and O–H groups in total. The van der Waals surface area contributed by atoms with Crippen LogP contribution >= 0.6 is 0 Å². The molecule has 3 rings (SSSR count). The van der Waals surface area contributed by atoms with Crippen molar-refractivity contribution in [2.75, 3.05) is 13.9 Å². The topological polar surface area (TPSA) is 47.9 Å². The molecule has 1 atom stereocenters.